The number of amides is 1. The van der Waals surface area contributed by atoms with Gasteiger partial charge in [0.1, 0.15) is 11.6 Å². The van der Waals surface area contributed by atoms with E-state index in [1.54, 1.807) is 12.3 Å². The molecule has 1 amide bonds. The number of aliphatic imine (C=N–C) groups is 1. The summed E-state index contributed by atoms with van der Waals surface area (Å²) < 4.78 is 5.73. The molecule has 1 fully saturated rings. The van der Waals surface area contributed by atoms with Crippen molar-refractivity contribution >= 4 is 44.9 Å². The number of carbonyl (C=O) groups is 1. The molecule has 2 aromatic heterocycles. The zero-order chi connectivity index (χ0) is 24.3. The molecular weight excluding hydrogens is 454 g/mol. The highest BCUT2D eigenvalue weighted by Crippen LogP contribution is 2.29. The number of aromatic nitrogens is 4. The average Bonchev–Trinajstić information content (AvgIpc) is 3.59. The van der Waals surface area contributed by atoms with Gasteiger partial charge in [0.05, 0.1) is 17.2 Å². The highest BCUT2D eigenvalue weighted by atomic mass is 16.5. The van der Waals surface area contributed by atoms with Crippen LogP contribution in [0.15, 0.2) is 77.9 Å². The predicted molar refractivity (Wildman–Crippen MR) is 140 cm³/mol. The molecule has 1 saturated heterocycles. The number of nitrogens with one attached hydrogen (secondary N) is 3. The summed E-state index contributed by atoms with van der Waals surface area (Å²) in [4.78, 5) is 25.9. The van der Waals surface area contributed by atoms with Crippen molar-refractivity contribution in [3.05, 3.63) is 72.9 Å². The highest BCUT2D eigenvalue weighted by Gasteiger charge is 2.13. The van der Waals surface area contributed by atoms with Crippen LogP contribution < -0.4 is 15.4 Å². The molecular formula is C27H23N7O2. The van der Waals surface area contributed by atoms with Gasteiger partial charge in [-0.15, -0.1) is 0 Å². The zero-order valence-corrected chi connectivity index (χ0v) is 19.4. The van der Waals surface area contributed by atoms with Gasteiger partial charge in [-0.2, -0.15) is 5.10 Å². The third kappa shape index (κ3) is 4.64. The minimum atomic E-state index is -0.290. The third-order valence-corrected chi connectivity index (χ3v) is 5.96. The van der Waals surface area contributed by atoms with E-state index in [-0.39, 0.29) is 12.5 Å². The van der Waals surface area contributed by atoms with Gasteiger partial charge in [-0.3, -0.25) is 9.89 Å². The Kier molecular flexibility index (Phi) is 5.80. The van der Waals surface area contributed by atoms with Crippen molar-refractivity contribution in [1.29, 1.82) is 0 Å². The van der Waals surface area contributed by atoms with E-state index >= 15 is 0 Å². The molecule has 36 heavy (non-hydrogen) atoms. The van der Waals surface area contributed by atoms with Crippen LogP contribution in [-0.4, -0.2) is 51.5 Å². The smallest absolute Gasteiger partial charge is 0.283 e. The fourth-order valence-electron chi connectivity index (χ4n) is 4.19. The van der Waals surface area contributed by atoms with Crippen LogP contribution in [0.5, 0.6) is 5.75 Å². The Morgan fingerprint density at radius 2 is 2.00 bits per heavy atom. The van der Waals surface area contributed by atoms with Gasteiger partial charge in [-0.1, -0.05) is 24.3 Å². The second kappa shape index (κ2) is 9.55. The van der Waals surface area contributed by atoms with Gasteiger partial charge in [-0.25, -0.2) is 15.0 Å². The maximum absolute atomic E-state index is 12.2. The summed E-state index contributed by atoms with van der Waals surface area (Å²) in [5.74, 6) is 1.51. The molecule has 0 unspecified atom stereocenters. The lowest BCUT2D eigenvalue weighted by molar-refractivity contribution is -0.119. The summed E-state index contributed by atoms with van der Waals surface area (Å²) in [5.41, 5.74) is 4.33. The summed E-state index contributed by atoms with van der Waals surface area (Å²) >= 11 is 0. The first-order valence-corrected chi connectivity index (χ1v) is 11.7. The number of anilines is 2. The number of nitrogens with zero attached hydrogens (tertiary/aromatic N) is 4. The molecule has 1 aliphatic rings. The number of carbonyl (C=O) groups excluding carboxylic acids is 1. The van der Waals surface area contributed by atoms with E-state index in [0.29, 0.717) is 23.9 Å². The van der Waals surface area contributed by atoms with Gasteiger partial charge >= 0.3 is 0 Å². The predicted octanol–water partition coefficient (Wildman–Crippen LogP) is 4.26. The topological polar surface area (TPSA) is 117 Å². The zero-order valence-electron chi connectivity index (χ0n) is 19.4. The summed E-state index contributed by atoms with van der Waals surface area (Å²) in [6, 6.07) is 21.3. The fourth-order valence-corrected chi connectivity index (χ4v) is 4.19. The standard InChI is InChI=1S/C27H23N7O2/c35-25(30-20-10-11-28-15-20)16-36-21-5-3-4-17(13-21)26-32-24-7-2-1-6-22(24)27(33-26)31-19-8-9-23-18(12-19)14-29-34-23/h1-9,12-14,28H,10-11,15-16H2,(H,29,34)(H,31,32,33). The van der Waals surface area contributed by atoms with Gasteiger partial charge in [0.2, 0.25) is 0 Å². The molecule has 6 rings (SSSR count). The monoisotopic (exact) mass is 477 g/mol. The van der Waals surface area contributed by atoms with Crippen LogP contribution >= 0.6 is 0 Å². The molecule has 3 heterocycles. The molecule has 0 aliphatic carbocycles. The molecule has 5 aromatic rings. The van der Waals surface area contributed by atoms with Crippen molar-refractivity contribution in [3.8, 4) is 17.1 Å². The molecule has 3 N–H and O–H groups in total. The largest absolute Gasteiger partial charge is 0.484 e. The molecule has 0 spiro atoms. The number of rotatable bonds is 6. The van der Waals surface area contributed by atoms with Crippen LogP contribution in [0.1, 0.15) is 6.42 Å². The Labute approximate surface area is 206 Å². The lowest BCUT2D eigenvalue weighted by atomic mass is 10.1. The summed E-state index contributed by atoms with van der Waals surface area (Å²) in [6.45, 7) is 1.40. The number of benzene rings is 3. The molecule has 178 valence electrons. The number of para-hydroxylation sites is 1. The summed E-state index contributed by atoms with van der Waals surface area (Å²) in [5, 5.41) is 15.6. The van der Waals surface area contributed by atoms with Crippen molar-refractivity contribution < 1.29 is 9.53 Å². The molecule has 0 bridgehead atoms. The van der Waals surface area contributed by atoms with Gasteiger partial charge in [0.25, 0.3) is 5.91 Å². The maximum atomic E-state index is 12.2. The van der Waals surface area contributed by atoms with E-state index in [1.807, 2.05) is 60.7 Å². The minimum Gasteiger partial charge on any atom is -0.484 e. The Balaban J connectivity index is 1.28. The minimum absolute atomic E-state index is 0.116. The normalized spacial score (nSPS) is 14.5. The van der Waals surface area contributed by atoms with Crippen LogP contribution in [0.25, 0.3) is 33.2 Å². The van der Waals surface area contributed by atoms with E-state index < -0.39 is 0 Å². The van der Waals surface area contributed by atoms with Gasteiger partial charge in [-0.05, 0) is 48.9 Å². The van der Waals surface area contributed by atoms with Crippen molar-refractivity contribution in [2.45, 2.75) is 6.42 Å². The maximum Gasteiger partial charge on any atom is 0.283 e. The Hall–Kier alpha value is -4.63. The first-order valence-electron chi connectivity index (χ1n) is 11.7. The van der Waals surface area contributed by atoms with Crippen molar-refractivity contribution in [2.75, 3.05) is 25.0 Å². The van der Waals surface area contributed by atoms with Gasteiger partial charge in [0, 0.05) is 40.8 Å². The molecule has 1 aliphatic heterocycles. The first kappa shape index (κ1) is 21.9. The van der Waals surface area contributed by atoms with E-state index in [9.17, 15) is 4.79 Å². The summed E-state index contributed by atoms with van der Waals surface area (Å²) in [7, 11) is 0. The number of H-pyrrole nitrogens is 1. The SMILES string of the molecule is O=C(COc1cccc(-c2nc(Nc3ccc4[nH]ncc4c3)c3ccccc3n2)c1)N=C1CCNC1. The van der Waals surface area contributed by atoms with Gasteiger partial charge < -0.3 is 15.4 Å². The second-order valence-corrected chi connectivity index (χ2v) is 8.53. The van der Waals surface area contributed by atoms with Crippen LogP contribution in [0.3, 0.4) is 0 Å². The molecule has 9 heteroatoms. The molecule has 0 radical (unpaired) electrons. The number of hydrogen-bond donors (Lipinski definition) is 3. The van der Waals surface area contributed by atoms with Gasteiger partial charge in [0.15, 0.2) is 12.4 Å². The van der Waals surface area contributed by atoms with E-state index in [1.165, 1.54) is 0 Å². The Bertz CT molecular complexity index is 1600. The van der Waals surface area contributed by atoms with Crippen LogP contribution in [0, 0.1) is 0 Å². The lowest BCUT2D eigenvalue weighted by Crippen LogP contribution is -2.14. The van der Waals surface area contributed by atoms with Crippen LogP contribution in [-0.2, 0) is 4.79 Å². The van der Waals surface area contributed by atoms with E-state index in [0.717, 1.165) is 51.7 Å². The number of fused-ring (bicyclic) bond motifs is 2. The van der Waals surface area contributed by atoms with Crippen LogP contribution in [0.2, 0.25) is 0 Å². The fraction of sp³-hybridized carbons (Fsp3) is 0.148. The third-order valence-electron chi connectivity index (χ3n) is 5.96. The molecule has 0 saturated carbocycles. The van der Waals surface area contributed by atoms with Crippen molar-refractivity contribution in [2.24, 2.45) is 4.99 Å². The number of aromatic amines is 1. The number of hydrogen-bond acceptors (Lipinski definition) is 7. The summed E-state index contributed by atoms with van der Waals surface area (Å²) in [6.07, 6.45) is 2.59. The average molecular weight is 478 g/mol. The van der Waals surface area contributed by atoms with Crippen molar-refractivity contribution in [3.63, 3.8) is 0 Å². The van der Waals surface area contributed by atoms with E-state index in [4.69, 9.17) is 14.7 Å². The molecule has 3 aromatic carbocycles. The molecule has 9 nitrogen and oxygen atoms in total. The Morgan fingerprint density at radius 3 is 2.92 bits per heavy atom. The Morgan fingerprint density at radius 1 is 1.06 bits per heavy atom. The lowest BCUT2D eigenvalue weighted by Gasteiger charge is -2.12. The quantitative estimate of drug-likeness (QED) is 0.335. The van der Waals surface area contributed by atoms with Crippen LogP contribution in [0.4, 0.5) is 11.5 Å². The number of ether oxygens (including phenoxy) is 1. The van der Waals surface area contributed by atoms with E-state index in [2.05, 4.69) is 25.8 Å². The molecule has 0 atom stereocenters. The van der Waals surface area contributed by atoms with Crippen molar-refractivity contribution in [1.82, 2.24) is 25.5 Å². The first-order chi connectivity index (χ1) is 17.7. The highest BCUT2D eigenvalue weighted by molar-refractivity contribution is 5.98. The second-order valence-electron chi connectivity index (χ2n) is 8.53.